The van der Waals surface area contributed by atoms with Crippen LogP contribution in [0.1, 0.15) is 20.3 Å². The summed E-state index contributed by atoms with van der Waals surface area (Å²) in [6, 6.07) is 0. The van der Waals surface area contributed by atoms with E-state index < -0.39 is 0 Å². The van der Waals surface area contributed by atoms with Gasteiger partial charge in [0.25, 0.3) is 0 Å². The summed E-state index contributed by atoms with van der Waals surface area (Å²) >= 11 is 0. The molecule has 2 fully saturated rings. The second-order valence-corrected chi connectivity index (χ2v) is 4.26. The molecule has 2 heterocycles. The van der Waals surface area contributed by atoms with Crippen molar-refractivity contribution < 1.29 is 0 Å². The first-order valence-electron chi connectivity index (χ1n) is 5.11. The first-order valence-corrected chi connectivity index (χ1v) is 5.11. The monoisotopic (exact) mass is 170 g/mol. The molecule has 0 saturated carbocycles. The molecular weight excluding hydrogens is 148 g/mol. The molecule has 2 aliphatic heterocycles. The van der Waals surface area contributed by atoms with Gasteiger partial charge >= 0.3 is 0 Å². The lowest BCUT2D eigenvalue weighted by atomic mass is 10.0. The third-order valence-corrected chi connectivity index (χ3v) is 2.69. The van der Waals surface area contributed by atoms with Crippen LogP contribution in [-0.4, -0.2) is 38.1 Å². The molecule has 2 nitrogen and oxygen atoms in total. The van der Waals surface area contributed by atoms with Crippen molar-refractivity contribution in [2.24, 2.45) is 11.8 Å². The molecule has 0 amide bonds. The molecule has 12 heavy (non-hydrogen) atoms. The standard InChI is InChI=1S/2C5H11N/c1-5-3-6(2)4-5;1-2-5-3-6-4-5/h5H,3-4H2,1-2H3;5-6H,2-4H2,1H3. The van der Waals surface area contributed by atoms with Crippen LogP contribution < -0.4 is 5.32 Å². The van der Waals surface area contributed by atoms with Gasteiger partial charge in [-0.1, -0.05) is 20.3 Å². The van der Waals surface area contributed by atoms with E-state index in [1.165, 1.54) is 32.6 Å². The van der Waals surface area contributed by atoms with Crippen molar-refractivity contribution in [1.82, 2.24) is 10.2 Å². The highest BCUT2D eigenvalue weighted by Crippen LogP contribution is 2.09. The van der Waals surface area contributed by atoms with Crippen molar-refractivity contribution in [3.8, 4) is 0 Å². The first kappa shape index (κ1) is 10.0. The Hall–Kier alpha value is -0.0800. The third-order valence-electron chi connectivity index (χ3n) is 2.69. The van der Waals surface area contributed by atoms with Crippen LogP contribution >= 0.6 is 0 Å². The van der Waals surface area contributed by atoms with Gasteiger partial charge in [-0.05, 0) is 32.0 Å². The normalized spacial score (nSPS) is 25.2. The molecule has 2 rings (SSSR count). The highest BCUT2D eigenvalue weighted by molar-refractivity contribution is 4.72. The molecule has 2 saturated heterocycles. The zero-order valence-electron chi connectivity index (χ0n) is 8.64. The van der Waals surface area contributed by atoms with Gasteiger partial charge in [-0.15, -0.1) is 0 Å². The molecule has 0 unspecified atom stereocenters. The number of rotatable bonds is 1. The molecule has 1 N–H and O–H groups in total. The maximum atomic E-state index is 3.21. The Morgan fingerprint density at radius 2 is 1.92 bits per heavy atom. The van der Waals surface area contributed by atoms with Crippen molar-refractivity contribution in [3.63, 3.8) is 0 Å². The van der Waals surface area contributed by atoms with E-state index in [9.17, 15) is 0 Å². The largest absolute Gasteiger partial charge is 0.316 e. The van der Waals surface area contributed by atoms with Crippen LogP contribution in [-0.2, 0) is 0 Å². The molecule has 0 bridgehead atoms. The zero-order valence-corrected chi connectivity index (χ0v) is 8.64. The average Bonchev–Trinajstić information content (AvgIpc) is 1.84. The van der Waals surface area contributed by atoms with Crippen LogP contribution in [0.3, 0.4) is 0 Å². The Balaban J connectivity index is 0.000000120. The predicted octanol–water partition coefficient (Wildman–Crippen LogP) is 1.18. The fourth-order valence-electron chi connectivity index (χ4n) is 1.65. The summed E-state index contributed by atoms with van der Waals surface area (Å²) in [6.07, 6.45) is 1.35. The van der Waals surface area contributed by atoms with E-state index in [4.69, 9.17) is 0 Å². The van der Waals surface area contributed by atoms with Crippen molar-refractivity contribution in [2.45, 2.75) is 20.3 Å². The molecule has 0 radical (unpaired) electrons. The summed E-state index contributed by atoms with van der Waals surface area (Å²) in [5, 5.41) is 3.21. The summed E-state index contributed by atoms with van der Waals surface area (Å²) in [7, 11) is 2.15. The lowest BCUT2D eigenvalue weighted by Gasteiger charge is -2.33. The van der Waals surface area contributed by atoms with Crippen LogP contribution in [0.15, 0.2) is 0 Å². The lowest BCUT2D eigenvalue weighted by molar-refractivity contribution is 0.149. The van der Waals surface area contributed by atoms with Gasteiger partial charge < -0.3 is 10.2 Å². The van der Waals surface area contributed by atoms with Gasteiger partial charge in [-0.2, -0.15) is 0 Å². The number of likely N-dealkylation sites (tertiary alicyclic amines) is 1. The van der Waals surface area contributed by atoms with Gasteiger partial charge in [-0.3, -0.25) is 0 Å². The maximum Gasteiger partial charge on any atom is 0.00163 e. The Bertz CT molecular complexity index is 106. The second kappa shape index (κ2) is 4.83. The maximum absolute atomic E-state index is 3.21. The third kappa shape index (κ3) is 3.11. The van der Waals surface area contributed by atoms with Crippen LogP contribution in [0.25, 0.3) is 0 Å². The summed E-state index contributed by atoms with van der Waals surface area (Å²) in [4.78, 5) is 2.32. The molecule has 0 atom stereocenters. The van der Waals surface area contributed by atoms with Gasteiger partial charge in [0.2, 0.25) is 0 Å². The minimum absolute atomic E-state index is 0.968. The van der Waals surface area contributed by atoms with E-state index in [-0.39, 0.29) is 0 Å². The number of hydrogen-bond donors (Lipinski definition) is 1. The Morgan fingerprint density at radius 1 is 1.33 bits per heavy atom. The number of hydrogen-bond acceptors (Lipinski definition) is 2. The molecule has 0 aromatic heterocycles. The molecule has 2 aliphatic rings. The van der Waals surface area contributed by atoms with E-state index in [0.29, 0.717) is 0 Å². The van der Waals surface area contributed by atoms with Crippen molar-refractivity contribution >= 4 is 0 Å². The Labute approximate surface area is 76.3 Å². The summed E-state index contributed by atoms with van der Waals surface area (Å²) < 4.78 is 0. The quantitative estimate of drug-likeness (QED) is 0.636. The SMILES string of the molecule is CC1CN(C)C1.CCC1CNC1. The van der Waals surface area contributed by atoms with Crippen molar-refractivity contribution in [3.05, 3.63) is 0 Å². The van der Waals surface area contributed by atoms with E-state index in [0.717, 1.165) is 11.8 Å². The molecule has 0 spiro atoms. The van der Waals surface area contributed by atoms with E-state index >= 15 is 0 Å². The van der Waals surface area contributed by atoms with Gasteiger partial charge in [0, 0.05) is 13.1 Å². The molecule has 72 valence electrons. The van der Waals surface area contributed by atoms with Gasteiger partial charge in [-0.25, -0.2) is 0 Å². The average molecular weight is 170 g/mol. The molecule has 2 heteroatoms. The van der Waals surface area contributed by atoms with E-state index in [2.05, 4.69) is 31.1 Å². The lowest BCUT2D eigenvalue weighted by Crippen LogP contribution is -2.41. The Kier molecular flexibility index (Phi) is 4.02. The second-order valence-electron chi connectivity index (χ2n) is 4.26. The van der Waals surface area contributed by atoms with Crippen molar-refractivity contribution in [1.29, 1.82) is 0 Å². The minimum Gasteiger partial charge on any atom is -0.316 e. The zero-order chi connectivity index (χ0) is 8.97. The number of nitrogens with zero attached hydrogens (tertiary/aromatic N) is 1. The smallest absolute Gasteiger partial charge is 0.00163 e. The van der Waals surface area contributed by atoms with E-state index in [1.807, 2.05) is 0 Å². The number of nitrogens with one attached hydrogen (secondary N) is 1. The van der Waals surface area contributed by atoms with Gasteiger partial charge in [0.05, 0.1) is 0 Å². The fraction of sp³-hybridized carbons (Fsp3) is 1.00. The van der Waals surface area contributed by atoms with Crippen LogP contribution in [0.4, 0.5) is 0 Å². The van der Waals surface area contributed by atoms with E-state index in [1.54, 1.807) is 0 Å². The summed E-state index contributed by atoms with van der Waals surface area (Å²) in [6.45, 7) is 9.65. The molecule has 0 aromatic carbocycles. The van der Waals surface area contributed by atoms with Gasteiger partial charge in [0.1, 0.15) is 0 Å². The predicted molar refractivity (Wildman–Crippen MR) is 53.3 cm³/mol. The Morgan fingerprint density at radius 3 is 1.92 bits per heavy atom. The van der Waals surface area contributed by atoms with Crippen LogP contribution in [0, 0.1) is 11.8 Å². The molecule has 0 aliphatic carbocycles. The highest BCUT2D eigenvalue weighted by Gasteiger charge is 2.16. The van der Waals surface area contributed by atoms with Gasteiger partial charge in [0.15, 0.2) is 0 Å². The highest BCUT2D eigenvalue weighted by atomic mass is 15.2. The summed E-state index contributed by atoms with van der Waals surface area (Å²) in [5.74, 6) is 1.97. The molecule has 0 aromatic rings. The van der Waals surface area contributed by atoms with Crippen LogP contribution in [0.2, 0.25) is 0 Å². The minimum atomic E-state index is 0.968. The van der Waals surface area contributed by atoms with Crippen LogP contribution in [0.5, 0.6) is 0 Å². The summed E-state index contributed by atoms with van der Waals surface area (Å²) in [5.41, 5.74) is 0. The molecular formula is C10H22N2. The van der Waals surface area contributed by atoms with Crippen molar-refractivity contribution in [2.75, 3.05) is 33.2 Å². The topological polar surface area (TPSA) is 15.3 Å². The first-order chi connectivity index (χ1) is 5.72. The fourth-order valence-corrected chi connectivity index (χ4v) is 1.65.